The van der Waals surface area contributed by atoms with Gasteiger partial charge >= 0.3 is 5.97 Å². The Bertz CT molecular complexity index is 910. The van der Waals surface area contributed by atoms with Crippen molar-refractivity contribution in [1.82, 2.24) is 10.3 Å². The number of carboxylic acids is 1. The number of aromatic nitrogens is 1. The van der Waals surface area contributed by atoms with E-state index in [-0.39, 0.29) is 11.4 Å². The summed E-state index contributed by atoms with van der Waals surface area (Å²) in [6, 6.07) is 14.0. The predicted octanol–water partition coefficient (Wildman–Crippen LogP) is 3.90. The van der Waals surface area contributed by atoms with E-state index < -0.39 is 23.7 Å². The van der Waals surface area contributed by atoms with Crippen LogP contribution in [-0.4, -0.2) is 22.0 Å². The monoisotopic (exact) mass is 370 g/mol. The molecule has 132 valence electrons. The topological polar surface area (TPSA) is 79.3 Å². The minimum Gasteiger partial charge on any atom is -0.481 e. The highest BCUT2D eigenvalue weighted by atomic mass is 32.1. The fourth-order valence-corrected chi connectivity index (χ4v) is 3.19. The van der Waals surface area contributed by atoms with Gasteiger partial charge in [0.25, 0.3) is 5.91 Å². The van der Waals surface area contributed by atoms with E-state index in [9.17, 15) is 14.0 Å². The van der Waals surface area contributed by atoms with Crippen molar-refractivity contribution in [2.24, 2.45) is 0 Å². The zero-order valence-corrected chi connectivity index (χ0v) is 14.4. The molecule has 0 saturated heterocycles. The first-order chi connectivity index (χ1) is 12.5. The Labute approximate surface area is 153 Å². The van der Waals surface area contributed by atoms with Gasteiger partial charge in [0, 0.05) is 10.9 Å². The van der Waals surface area contributed by atoms with Crippen LogP contribution in [0.2, 0.25) is 0 Å². The number of nitrogens with one attached hydrogen (secondary N) is 1. The molecule has 1 heterocycles. The van der Waals surface area contributed by atoms with E-state index >= 15 is 0 Å². The van der Waals surface area contributed by atoms with Crippen LogP contribution in [-0.2, 0) is 4.79 Å². The molecule has 3 aromatic rings. The molecule has 0 bridgehead atoms. The van der Waals surface area contributed by atoms with E-state index in [1.165, 1.54) is 35.6 Å². The Morgan fingerprint density at radius 2 is 1.81 bits per heavy atom. The lowest BCUT2D eigenvalue weighted by Gasteiger charge is -2.16. The summed E-state index contributed by atoms with van der Waals surface area (Å²) in [5.41, 5.74) is 2.09. The van der Waals surface area contributed by atoms with Gasteiger partial charge in [-0.15, -0.1) is 11.3 Å². The number of rotatable bonds is 6. The number of halogens is 1. The highest BCUT2D eigenvalue weighted by molar-refractivity contribution is 7.12. The average molecular weight is 370 g/mol. The van der Waals surface area contributed by atoms with Crippen molar-refractivity contribution in [2.75, 3.05) is 0 Å². The molecule has 7 heteroatoms. The highest BCUT2D eigenvalue weighted by Crippen LogP contribution is 2.23. The van der Waals surface area contributed by atoms with E-state index in [0.29, 0.717) is 11.3 Å². The van der Waals surface area contributed by atoms with Gasteiger partial charge in [-0.1, -0.05) is 42.5 Å². The van der Waals surface area contributed by atoms with E-state index in [1.807, 2.05) is 30.3 Å². The van der Waals surface area contributed by atoms with Gasteiger partial charge in [0.15, 0.2) is 5.01 Å². The lowest BCUT2D eigenvalue weighted by atomic mass is 10.0. The van der Waals surface area contributed by atoms with E-state index in [4.69, 9.17) is 5.11 Å². The van der Waals surface area contributed by atoms with Gasteiger partial charge in [0.05, 0.1) is 18.2 Å². The molecule has 0 aliphatic rings. The third-order valence-corrected chi connectivity index (χ3v) is 4.57. The number of thiazole rings is 1. The second-order valence-electron chi connectivity index (χ2n) is 5.58. The van der Waals surface area contributed by atoms with Crippen LogP contribution in [0.4, 0.5) is 4.39 Å². The summed E-state index contributed by atoms with van der Waals surface area (Å²) in [5.74, 6) is -1.96. The summed E-state index contributed by atoms with van der Waals surface area (Å²) in [7, 11) is 0. The molecule has 0 fully saturated rings. The number of hydrogen-bond donors (Lipinski definition) is 2. The second-order valence-corrected chi connectivity index (χ2v) is 6.44. The number of nitrogens with zero attached hydrogens (tertiary/aromatic N) is 1. The SMILES string of the molecule is O=C(O)CC(NC(=O)c1nc(-c2ccccc2)cs1)c1ccc(F)cc1. The fraction of sp³-hybridized carbons (Fsp3) is 0.105. The van der Waals surface area contributed by atoms with Gasteiger partial charge < -0.3 is 10.4 Å². The standard InChI is InChI=1S/C19H15FN2O3S/c20-14-8-6-13(7-9-14)15(10-17(23)24)21-18(25)19-22-16(11-26-19)12-4-2-1-3-5-12/h1-9,11,15H,10H2,(H,21,25)(H,23,24). The molecule has 2 N–H and O–H groups in total. The molecular weight excluding hydrogens is 355 g/mol. The largest absolute Gasteiger partial charge is 0.481 e. The molecule has 0 radical (unpaired) electrons. The van der Waals surface area contributed by atoms with Gasteiger partial charge in [-0.3, -0.25) is 9.59 Å². The molecule has 1 aromatic heterocycles. The third kappa shape index (κ3) is 4.31. The Hall–Kier alpha value is -3.06. The van der Waals surface area contributed by atoms with Gasteiger partial charge in [-0.25, -0.2) is 9.37 Å². The quantitative estimate of drug-likeness (QED) is 0.690. The first kappa shape index (κ1) is 17.8. The van der Waals surface area contributed by atoms with Crippen LogP contribution in [0.3, 0.4) is 0 Å². The molecule has 1 atom stereocenters. The van der Waals surface area contributed by atoms with Crippen LogP contribution in [0, 0.1) is 5.82 Å². The molecule has 2 aromatic carbocycles. The lowest BCUT2D eigenvalue weighted by molar-refractivity contribution is -0.137. The maximum Gasteiger partial charge on any atom is 0.305 e. The number of amides is 1. The Balaban J connectivity index is 1.78. The van der Waals surface area contributed by atoms with E-state index in [1.54, 1.807) is 5.38 Å². The number of carbonyl (C=O) groups excluding carboxylic acids is 1. The minimum atomic E-state index is -1.07. The number of aliphatic carboxylic acids is 1. The van der Waals surface area contributed by atoms with Crippen molar-refractivity contribution in [2.45, 2.75) is 12.5 Å². The second kappa shape index (κ2) is 7.88. The van der Waals surface area contributed by atoms with Gasteiger partial charge in [0.1, 0.15) is 5.82 Å². The number of carboxylic acid groups (broad SMARTS) is 1. The van der Waals surface area contributed by atoms with E-state index in [0.717, 1.165) is 5.56 Å². The number of benzene rings is 2. The summed E-state index contributed by atoms with van der Waals surface area (Å²) < 4.78 is 13.1. The molecule has 5 nitrogen and oxygen atoms in total. The van der Waals surface area contributed by atoms with Crippen LogP contribution < -0.4 is 5.32 Å². The van der Waals surface area contributed by atoms with Crippen molar-refractivity contribution in [1.29, 1.82) is 0 Å². The van der Waals surface area contributed by atoms with Gasteiger partial charge in [-0.05, 0) is 17.7 Å². The molecule has 0 aliphatic carbocycles. The van der Waals surface area contributed by atoms with Crippen molar-refractivity contribution in [3.63, 3.8) is 0 Å². The molecular formula is C19H15FN2O3S. The number of hydrogen-bond acceptors (Lipinski definition) is 4. The maximum atomic E-state index is 13.1. The fourth-order valence-electron chi connectivity index (χ4n) is 2.46. The summed E-state index contributed by atoms with van der Waals surface area (Å²) in [6.07, 6.45) is -0.311. The molecule has 0 saturated carbocycles. The van der Waals surface area contributed by atoms with Crippen LogP contribution in [0.25, 0.3) is 11.3 Å². The van der Waals surface area contributed by atoms with Crippen molar-refractivity contribution in [3.05, 3.63) is 76.4 Å². The van der Waals surface area contributed by atoms with Crippen molar-refractivity contribution < 1.29 is 19.1 Å². The zero-order chi connectivity index (χ0) is 18.5. The van der Waals surface area contributed by atoms with Crippen LogP contribution in [0.15, 0.2) is 60.0 Å². The Morgan fingerprint density at radius 1 is 1.12 bits per heavy atom. The molecule has 0 spiro atoms. The van der Waals surface area contributed by atoms with E-state index in [2.05, 4.69) is 10.3 Å². The van der Waals surface area contributed by atoms with Crippen molar-refractivity contribution >= 4 is 23.2 Å². The summed E-state index contributed by atoms with van der Waals surface area (Å²) >= 11 is 1.18. The predicted molar refractivity (Wildman–Crippen MR) is 96.4 cm³/mol. The normalized spacial score (nSPS) is 11.7. The summed E-state index contributed by atoms with van der Waals surface area (Å²) in [4.78, 5) is 27.9. The lowest BCUT2D eigenvalue weighted by Crippen LogP contribution is -2.30. The first-order valence-corrected chi connectivity index (χ1v) is 8.70. The maximum absolute atomic E-state index is 13.1. The molecule has 26 heavy (non-hydrogen) atoms. The van der Waals surface area contributed by atoms with Crippen LogP contribution >= 0.6 is 11.3 Å². The van der Waals surface area contributed by atoms with Crippen molar-refractivity contribution in [3.8, 4) is 11.3 Å². The molecule has 0 aliphatic heterocycles. The Morgan fingerprint density at radius 3 is 2.46 bits per heavy atom. The molecule has 1 amide bonds. The summed E-state index contributed by atoms with van der Waals surface area (Å²) in [6.45, 7) is 0. The zero-order valence-electron chi connectivity index (χ0n) is 13.6. The summed E-state index contributed by atoms with van der Waals surface area (Å²) in [5, 5.41) is 13.8. The number of carbonyl (C=O) groups is 2. The Kier molecular flexibility index (Phi) is 5.38. The molecule has 1 unspecified atom stereocenters. The average Bonchev–Trinajstić information content (AvgIpc) is 3.12. The minimum absolute atomic E-state index is 0.237. The van der Waals surface area contributed by atoms with Gasteiger partial charge in [-0.2, -0.15) is 0 Å². The van der Waals surface area contributed by atoms with Crippen LogP contribution in [0.5, 0.6) is 0 Å². The molecule has 3 rings (SSSR count). The van der Waals surface area contributed by atoms with Crippen LogP contribution in [0.1, 0.15) is 27.8 Å². The highest BCUT2D eigenvalue weighted by Gasteiger charge is 2.21. The third-order valence-electron chi connectivity index (χ3n) is 3.72. The smallest absolute Gasteiger partial charge is 0.305 e. The van der Waals surface area contributed by atoms with Gasteiger partial charge in [0.2, 0.25) is 0 Å². The first-order valence-electron chi connectivity index (χ1n) is 7.82.